The van der Waals surface area contributed by atoms with Crippen LogP contribution in [0.1, 0.15) is 13.8 Å². The standard InChI is InChI=1S/C13H18NO5P/c1-4-17-20(16,14-10-13(15)18-11(2)3)19-12-8-6-5-7-9-12/h4-9,11H,1,10H2,2-3H3,(H,14,16). The van der Waals surface area contributed by atoms with Gasteiger partial charge in [0.15, 0.2) is 0 Å². The molecule has 0 aliphatic heterocycles. The maximum atomic E-state index is 12.3. The number of carbonyl (C=O) groups excluding carboxylic acids is 1. The lowest BCUT2D eigenvalue weighted by Gasteiger charge is -2.18. The van der Waals surface area contributed by atoms with E-state index >= 15 is 0 Å². The van der Waals surface area contributed by atoms with Crippen LogP contribution in [0.5, 0.6) is 5.75 Å². The molecule has 0 saturated carbocycles. The Balaban J connectivity index is 2.65. The molecule has 0 saturated heterocycles. The molecule has 0 aliphatic carbocycles. The molecule has 1 aromatic rings. The van der Waals surface area contributed by atoms with Crippen LogP contribution in [-0.2, 0) is 18.6 Å². The molecule has 0 amide bonds. The summed E-state index contributed by atoms with van der Waals surface area (Å²) in [4.78, 5) is 11.4. The Hall–Kier alpha value is -1.78. The van der Waals surface area contributed by atoms with Crippen molar-refractivity contribution in [3.8, 4) is 5.75 Å². The van der Waals surface area contributed by atoms with E-state index in [-0.39, 0.29) is 12.6 Å². The number of benzene rings is 1. The zero-order chi connectivity index (χ0) is 15.0. The summed E-state index contributed by atoms with van der Waals surface area (Å²) in [6, 6.07) is 8.47. The predicted molar refractivity (Wildman–Crippen MR) is 75.2 cm³/mol. The molecule has 110 valence electrons. The summed E-state index contributed by atoms with van der Waals surface area (Å²) in [6.07, 6.45) is 0.740. The molecule has 7 heteroatoms. The first-order valence-electron chi connectivity index (χ1n) is 6.04. The monoisotopic (exact) mass is 299 g/mol. The highest BCUT2D eigenvalue weighted by molar-refractivity contribution is 7.52. The van der Waals surface area contributed by atoms with Gasteiger partial charge in [-0.2, -0.15) is 5.09 Å². The van der Waals surface area contributed by atoms with Crippen LogP contribution in [-0.4, -0.2) is 18.6 Å². The number of para-hydroxylation sites is 1. The lowest BCUT2D eigenvalue weighted by molar-refractivity contribution is -0.145. The normalized spacial score (nSPS) is 13.3. The van der Waals surface area contributed by atoms with E-state index < -0.39 is 13.7 Å². The second-order valence-electron chi connectivity index (χ2n) is 4.05. The number of hydrogen-bond donors (Lipinski definition) is 1. The molecule has 0 aliphatic rings. The van der Waals surface area contributed by atoms with Crippen molar-refractivity contribution in [3.05, 3.63) is 43.2 Å². The van der Waals surface area contributed by atoms with Crippen molar-refractivity contribution in [2.45, 2.75) is 20.0 Å². The Bertz CT molecular complexity index is 489. The van der Waals surface area contributed by atoms with E-state index in [0.717, 1.165) is 6.26 Å². The van der Waals surface area contributed by atoms with Crippen LogP contribution in [0.4, 0.5) is 0 Å². The maximum Gasteiger partial charge on any atom is 0.512 e. The van der Waals surface area contributed by atoms with E-state index in [1.165, 1.54) is 0 Å². The molecule has 0 heterocycles. The van der Waals surface area contributed by atoms with Crippen molar-refractivity contribution in [1.82, 2.24) is 5.09 Å². The summed E-state index contributed by atoms with van der Waals surface area (Å²) in [5, 5.41) is 2.42. The maximum absolute atomic E-state index is 12.3. The Labute approximate surface area is 118 Å². The van der Waals surface area contributed by atoms with Gasteiger partial charge in [-0.3, -0.25) is 4.79 Å². The zero-order valence-electron chi connectivity index (χ0n) is 11.4. The Morgan fingerprint density at radius 1 is 1.40 bits per heavy atom. The molecule has 0 bridgehead atoms. The quantitative estimate of drug-likeness (QED) is 0.452. The summed E-state index contributed by atoms with van der Waals surface area (Å²) in [6.45, 7) is 6.48. The van der Waals surface area contributed by atoms with E-state index in [4.69, 9.17) is 13.8 Å². The fourth-order valence-electron chi connectivity index (χ4n) is 1.28. The third kappa shape index (κ3) is 5.91. The number of nitrogens with one attached hydrogen (secondary N) is 1. The average Bonchev–Trinajstić information content (AvgIpc) is 2.37. The van der Waals surface area contributed by atoms with E-state index in [1.807, 2.05) is 0 Å². The van der Waals surface area contributed by atoms with Gasteiger partial charge in [0.1, 0.15) is 12.3 Å². The molecule has 0 spiro atoms. The average molecular weight is 299 g/mol. The number of carbonyl (C=O) groups is 1. The molecule has 1 N–H and O–H groups in total. The van der Waals surface area contributed by atoms with Gasteiger partial charge in [0, 0.05) is 0 Å². The van der Waals surface area contributed by atoms with Gasteiger partial charge in [0.25, 0.3) is 0 Å². The van der Waals surface area contributed by atoms with Crippen LogP contribution in [0.15, 0.2) is 43.2 Å². The molecular weight excluding hydrogens is 281 g/mol. The van der Waals surface area contributed by atoms with Crippen molar-refractivity contribution in [2.24, 2.45) is 0 Å². The Morgan fingerprint density at radius 2 is 2.05 bits per heavy atom. The number of hydrogen-bond acceptors (Lipinski definition) is 5. The van der Waals surface area contributed by atoms with Crippen molar-refractivity contribution >= 4 is 13.7 Å². The van der Waals surface area contributed by atoms with Crippen LogP contribution in [0, 0.1) is 0 Å². The van der Waals surface area contributed by atoms with Crippen molar-refractivity contribution in [2.75, 3.05) is 6.54 Å². The third-order valence-electron chi connectivity index (χ3n) is 1.97. The second-order valence-corrected chi connectivity index (χ2v) is 5.75. The van der Waals surface area contributed by atoms with Gasteiger partial charge in [-0.15, -0.1) is 0 Å². The zero-order valence-corrected chi connectivity index (χ0v) is 12.3. The van der Waals surface area contributed by atoms with Crippen molar-refractivity contribution < 1.29 is 23.1 Å². The van der Waals surface area contributed by atoms with Gasteiger partial charge in [0.2, 0.25) is 0 Å². The molecule has 0 fully saturated rings. The second kappa shape index (κ2) is 7.72. The first-order valence-corrected chi connectivity index (χ1v) is 7.58. The molecule has 0 radical (unpaired) electrons. The summed E-state index contributed by atoms with van der Waals surface area (Å²) < 4.78 is 27.4. The summed E-state index contributed by atoms with van der Waals surface area (Å²) in [5.41, 5.74) is 0. The first kappa shape index (κ1) is 16.3. The molecule has 1 unspecified atom stereocenters. The van der Waals surface area contributed by atoms with Gasteiger partial charge < -0.3 is 13.8 Å². The largest absolute Gasteiger partial charge is 0.512 e. The molecule has 6 nitrogen and oxygen atoms in total. The molecule has 20 heavy (non-hydrogen) atoms. The van der Waals surface area contributed by atoms with Gasteiger partial charge in [0.05, 0.1) is 12.4 Å². The van der Waals surface area contributed by atoms with Crippen molar-refractivity contribution in [1.29, 1.82) is 0 Å². The van der Waals surface area contributed by atoms with Gasteiger partial charge in [-0.25, -0.2) is 4.57 Å². The SMILES string of the molecule is C=COP(=O)(NCC(=O)OC(C)C)Oc1ccccc1. The number of rotatable bonds is 8. The summed E-state index contributed by atoms with van der Waals surface area (Å²) in [5.74, 6) is -0.202. The highest BCUT2D eigenvalue weighted by atomic mass is 31.2. The minimum absolute atomic E-state index is 0.251. The highest BCUT2D eigenvalue weighted by Crippen LogP contribution is 2.44. The van der Waals surface area contributed by atoms with E-state index in [0.29, 0.717) is 5.75 Å². The number of esters is 1. The Morgan fingerprint density at radius 3 is 2.60 bits per heavy atom. The molecule has 1 rings (SSSR count). The smallest absolute Gasteiger partial charge is 0.462 e. The Kier molecular flexibility index (Phi) is 6.28. The van der Waals surface area contributed by atoms with Crippen LogP contribution >= 0.6 is 7.75 Å². The van der Waals surface area contributed by atoms with E-state index in [9.17, 15) is 9.36 Å². The minimum atomic E-state index is -3.71. The summed E-state index contributed by atoms with van der Waals surface area (Å²) in [7, 11) is -3.71. The first-order chi connectivity index (χ1) is 9.45. The highest BCUT2D eigenvalue weighted by Gasteiger charge is 2.27. The molecule has 1 atom stereocenters. The van der Waals surface area contributed by atoms with Gasteiger partial charge in [-0.1, -0.05) is 24.8 Å². The van der Waals surface area contributed by atoms with E-state index in [1.54, 1.807) is 44.2 Å². The van der Waals surface area contributed by atoms with E-state index in [2.05, 4.69) is 11.7 Å². The number of ether oxygens (including phenoxy) is 1. The van der Waals surface area contributed by atoms with Crippen molar-refractivity contribution in [3.63, 3.8) is 0 Å². The topological polar surface area (TPSA) is 73.9 Å². The van der Waals surface area contributed by atoms with Crippen LogP contribution < -0.4 is 9.61 Å². The summed E-state index contributed by atoms with van der Waals surface area (Å²) >= 11 is 0. The molecular formula is C13H18NO5P. The predicted octanol–water partition coefficient (Wildman–Crippen LogP) is 2.87. The minimum Gasteiger partial charge on any atom is -0.462 e. The van der Waals surface area contributed by atoms with Gasteiger partial charge >= 0.3 is 13.7 Å². The molecule has 0 aromatic heterocycles. The lowest BCUT2D eigenvalue weighted by atomic mass is 10.3. The van der Waals surface area contributed by atoms with Crippen LogP contribution in [0.2, 0.25) is 0 Å². The van der Waals surface area contributed by atoms with Crippen LogP contribution in [0.3, 0.4) is 0 Å². The fraction of sp³-hybridized carbons (Fsp3) is 0.308. The van der Waals surface area contributed by atoms with Crippen LogP contribution in [0.25, 0.3) is 0 Å². The fourth-order valence-corrected chi connectivity index (χ4v) is 2.38. The molecule has 1 aromatic carbocycles. The lowest BCUT2D eigenvalue weighted by Crippen LogP contribution is -2.26. The third-order valence-corrected chi connectivity index (χ3v) is 3.39. The van der Waals surface area contributed by atoms with Gasteiger partial charge in [-0.05, 0) is 26.0 Å².